The fraction of sp³-hybridized carbons (Fsp3) is 0.0588. The maximum Gasteiger partial charge on any atom is 0.232 e. The normalized spacial score (nSPS) is 11.6. The smallest absolute Gasteiger partial charge is 0.232 e. The van der Waals surface area contributed by atoms with Crippen molar-refractivity contribution >= 4 is 40.2 Å². The molecular formula is C17H13ClN2O2. The number of aromatic nitrogens is 1. The molecule has 1 N–H and O–H groups in total. The molecule has 3 aromatic rings. The van der Waals surface area contributed by atoms with Crippen LogP contribution in [-0.4, -0.2) is 11.3 Å². The molecule has 4 nitrogen and oxygen atoms in total. The number of nitrogens with one attached hydrogen (secondary N) is 1. The molecule has 5 heteroatoms. The number of allylic oxidation sites excluding steroid dienone is 1. The number of fused-ring (bicyclic) bond motifs is 1. The van der Waals surface area contributed by atoms with Crippen molar-refractivity contribution in [3.05, 3.63) is 65.1 Å². The van der Waals surface area contributed by atoms with E-state index in [1.807, 2.05) is 37.3 Å². The Morgan fingerprint density at radius 1 is 1.27 bits per heavy atom. The van der Waals surface area contributed by atoms with E-state index in [-0.39, 0.29) is 5.89 Å². The number of hydrogen-bond donors (Lipinski definition) is 1. The number of rotatable bonds is 4. The van der Waals surface area contributed by atoms with Gasteiger partial charge in [-0.15, -0.1) is 0 Å². The van der Waals surface area contributed by atoms with Crippen LogP contribution in [0.25, 0.3) is 16.7 Å². The number of para-hydroxylation sites is 2. The highest BCUT2D eigenvalue weighted by atomic mass is 35.5. The number of hydrogen-bond acceptors (Lipinski definition) is 4. The van der Waals surface area contributed by atoms with Gasteiger partial charge < -0.3 is 9.73 Å². The SMILES string of the molecule is Cc1ccc(NC=C(C=O)c2nc3ccccc3o2)cc1Cl. The van der Waals surface area contributed by atoms with Gasteiger partial charge in [-0.2, -0.15) is 0 Å². The van der Waals surface area contributed by atoms with E-state index >= 15 is 0 Å². The first kappa shape index (κ1) is 14.4. The zero-order valence-corrected chi connectivity index (χ0v) is 12.6. The van der Waals surface area contributed by atoms with Crippen molar-refractivity contribution in [2.24, 2.45) is 0 Å². The Bertz CT molecular complexity index is 835. The van der Waals surface area contributed by atoms with E-state index in [9.17, 15) is 4.79 Å². The van der Waals surface area contributed by atoms with Crippen LogP contribution in [-0.2, 0) is 4.79 Å². The maximum absolute atomic E-state index is 11.3. The van der Waals surface area contributed by atoms with Crippen LogP contribution in [0, 0.1) is 6.92 Å². The number of anilines is 1. The number of halogens is 1. The molecule has 3 rings (SSSR count). The van der Waals surface area contributed by atoms with E-state index < -0.39 is 0 Å². The topological polar surface area (TPSA) is 55.1 Å². The molecule has 0 saturated carbocycles. The van der Waals surface area contributed by atoms with Crippen LogP contribution in [0.4, 0.5) is 5.69 Å². The second-order valence-corrected chi connectivity index (χ2v) is 5.22. The van der Waals surface area contributed by atoms with Crippen molar-refractivity contribution in [1.82, 2.24) is 4.98 Å². The summed E-state index contributed by atoms with van der Waals surface area (Å²) < 4.78 is 5.58. The molecular weight excluding hydrogens is 300 g/mol. The van der Waals surface area contributed by atoms with Crippen LogP contribution in [0.3, 0.4) is 0 Å². The Balaban J connectivity index is 1.89. The van der Waals surface area contributed by atoms with E-state index in [0.29, 0.717) is 28.0 Å². The third-order valence-corrected chi connectivity index (χ3v) is 3.64. The van der Waals surface area contributed by atoms with E-state index in [4.69, 9.17) is 16.0 Å². The fourth-order valence-corrected chi connectivity index (χ4v) is 2.17. The van der Waals surface area contributed by atoms with Gasteiger partial charge in [0.15, 0.2) is 11.9 Å². The molecule has 0 atom stereocenters. The van der Waals surface area contributed by atoms with E-state index in [2.05, 4.69) is 10.3 Å². The summed E-state index contributed by atoms with van der Waals surface area (Å²) in [6, 6.07) is 12.9. The number of aldehydes is 1. The van der Waals surface area contributed by atoms with Crippen molar-refractivity contribution in [3.8, 4) is 0 Å². The Morgan fingerprint density at radius 3 is 2.82 bits per heavy atom. The second kappa shape index (κ2) is 6.03. The fourth-order valence-electron chi connectivity index (χ4n) is 1.99. The lowest BCUT2D eigenvalue weighted by molar-refractivity contribution is -0.103. The maximum atomic E-state index is 11.3. The van der Waals surface area contributed by atoms with Gasteiger partial charge in [0.1, 0.15) is 5.52 Å². The highest BCUT2D eigenvalue weighted by Gasteiger charge is 2.09. The van der Waals surface area contributed by atoms with Gasteiger partial charge in [0, 0.05) is 16.9 Å². The third-order valence-electron chi connectivity index (χ3n) is 3.23. The molecule has 1 aromatic heterocycles. The molecule has 0 fully saturated rings. The monoisotopic (exact) mass is 312 g/mol. The van der Waals surface area contributed by atoms with Crippen LogP contribution < -0.4 is 5.32 Å². The first-order valence-electron chi connectivity index (χ1n) is 6.71. The average Bonchev–Trinajstić information content (AvgIpc) is 2.95. The summed E-state index contributed by atoms with van der Waals surface area (Å²) in [5, 5.41) is 3.69. The zero-order chi connectivity index (χ0) is 15.5. The van der Waals surface area contributed by atoms with E-state index in [0.717, 1.165) is 11.3 Å². The first-order chi connectivity index (χ1) is 10.7. The minimum absolute atomic E-state index is 0.280. The molecule has 22 heavy (non-hydrogen) atoms. The Labute approximate surface area is 132 Å². The van der Waals surface area contributed by atoms with Crippen LogP contribution in [0.1, 0.15) is 11.5 Å². The number of carbonyl (C=O) groups excluding carboxylic acids is 1. The Hall–Kier alpha value is -2.59. The van der Waals surface area contributed by atoms with Gasteiger partial charge in [-0.25, -0.2) is 4.98 Å². The van der Waals surface area contributed by atoms with Crippen LogP contribution in [0.5, 0.6) is 0 Å². The van der Waals surface area contributed by atoms with Crippen LogP contribution in [0.2, 0.25) is 5.02 Å². The summed E-state index contributed by atoms with van der Waals surface area (Å²) >= 11 is 6.07. The minimum Gasteiger partial charge on any atom is -0.436 e. The molecule has 0 bridgehead atoms. The Kier molecular flexibility index (Phi) is 3.94. The number of carbonyl (C=O) groups is 1. The van der Waals surface area contributed by atoms with Crippen LogP contribution >= 0.6 is 11.6 Å². The number of aryl methyl sites for hydroxylation is 1. The van der Waals surface area contributed by atoms with Crippen molar-refractivity contribution in [3.63, 3.8) is 0 Å². The zero-order valence-electron chi connectivity index (χ0n) is 11.8. The molecule has 0 spiro atoms. The van der Waals surface area contributed by atoms with Gasteiger partial charge in [0.25, 0.3) is 0 Å². The summed E-state index contributed by atoms with van der Waals surface area (Å²) in [5.41, 5.74) is 3.46. The summed E-state index contributed by atoms with van der Waals surface area (Å²) in [4.78, 5) is 15.6. The molecule has 110 valence electrons. The quantitative estimate of drug-likeness (QED) is 0.571. The highest BCUT2D eigenvalue weighted by Crippen LogP contribution is 2.22. The lowest BCUT2D eigenvalue weighted by atomic mass is 10.2. The molecule has 0 saturated heterocycles. The van der Waals surface area contributed by atoms with Gasteiger partial charge in [0.05, 0.1) is 5.57 Å². The molecule has 1 heterocycles. The van der Waals surface area contributed by atoms with E-state index in [1.54, 1.807) is 18.3 Å². The third kappa shape index (κ3) is 2.87. The van der Waals surface area contributed by atoms with E-state index in [1.165, 1.54) is 0 Å². The van der Waals surface area contributed by atoms with Crippen molar-refractivity contribution in [2.45, 2.75) is 6.92 Å². The minimum atomic E-state index is 0.280. The standard InChI is InChI=1S/C17H13ClN2O2/c1-11-6-7-13(8-14(11)18)19-9-12(10-21)17-20-15-4-2-3-5-16(15)22-17/h2-10,19H,1H3. The first-order valence-corrected chi connectivity index (χ1v) is 7.09. The van der Waals surface area contributed by atoms with Crippen molar-refractivity contribution in [1.29, 1.82) is 0 Å². The van der Waals surface area contributed by atoms with Gasteiger partial charge in [-0.3, -0.25) is 4.79 Å². The summed E-state index contributed by atoms with van der Waals surface area (Å²) in [7, 11) is 0. The molecule has 2 aromatic carbocycles. The lowest BCUT2D eigenvalue weighted by Crippen LogP contribution is -1.94. The summed E-state index contributed by atoms with van der Waals surface area (Å²) in [5.74, 6) is 0.280. The van der Waals surface area contributed by atoms with Crippen molar-refractivity contribution in [2.75, 3.05) is 5.32 Å². The summed E-state index contributed by atoms with van der Waals surface area (Å²) in [6.07, 6.45) is 2.26. The predicted octanol–water partition coefficient (Wildman–Crippen LogP) is 4.44. The number of benzene rings is 2. The predicted molar refractivity (Wildman–Crippen MR) is 87.9 cm³/mol. The van der Waals surface area contributed by atoms with Gasteiger partial charge in [-0.1, -0.05) is 29.8 Å². The van der Waals surface area contributed by atoms with Crippen molar-refractivity contribution < 1.29 is 9.21 Å². The molecule has 0 aliphatic heterocycles. The van der Waals surface area contributed by atoms with Gasteiger partial charge in [-0.05, 0) is 36.8 Å². The lowest BCUT2D eigenvalue weighted by Gasteiger charge is -2.04. The molecule has 0 radical (unpaired) electrons. The molecule has 0 aliphatic rings. The molecule has 0 unspecified atom stereocenters. The molecule has 0 aliphatic carbocycles. The average molecular weight is 313 g/mol. The van der Waals surface area contributed by atoms with Gasteiger partial charge >= 0.3 is 0 Å². The largest absolute Gasteiger partial charge is 0.436 e. The summed E-state index contributed by atoms with van der Waals surface area (Å²) in [6.45, 7) is 1.93. The number of nitrogens with zero attached hydrogens (tertiary/aromatic N) is 1. The molecule has 0 amide bonds. The van der Waals surface area contributed by atoms with Crippen LogP contribution in [0.15, 0.2) is 53.1 Å². The number of oxazole rings is 1. The van der Waals surface area contributed by atoms with Gasteiger partial charge in [0.2, 0.25) is 5.89 Å². The highest BCUT2D eigenvalue weighted by molar-refractivity contribution is 6.31. The Morgan fingerprint density at radius 2 is 2.09 bits per heavy atom. The second-order valence-electron chi connectivity index (χ2n) is 4.81.